The Bertz CT molecular complexity index is 379. The van der Waals surface area contributed by atoms with E-state index < -0.39 is 0 Å². The van der Waals surface area contributed by atoms with Gasteiger partial charge in [0.15, 0.2) is 0 Å². The molecule has 2 rings (SSSR count). The van der Waals surface area contributed by atoms with Crippen LogP contribution in [0, 0.1) is 12.7 Å². The molecule has 0 aromatic heterocycles. The van der Waals surface area contributed by atoms with E-state index in [-0.39, 0.29) is 5.82 Å². The Morgan fingerprint density at radius 2 is 1.88 bits per heavy atom. The summed E-state index contributed by atoms with van der Waals surface area (Å²) in [7, 11) is 0. The number of halogens is 1. The molecular weight excluding hydrogens is 213 g/mol. The highest BCUT2D eigenvalue weighted by Gasteiger charge is 2.23. The van der Waals surface area contributed by atoms with Crippen LogP contribution in [-0.2, 0) is 0 Å². The second-order valence-electron chi connectivity index (χ2n) is 5.43. The maximum Gasteiger partial charge on any atom is 0.126 e. The third-order valence-corrected chi connectivity index (χ3v) is 3.86. The average Bonchev–Trinajstić information content (AvgIpc) is 2.29. The summed E-state index contributed by atoms with van der Waals surface area (Å²) < 4.78 is 13.9. The monoisotopic (exact) mass is 235 g/mol. The van der Waals surface area contributed by atoms with Crippen LogP contribution >= 0.6 is 0 Å². The summed E-state index contributed by atoms with van der Waals surface area (Å²) in [6.07, 6.45) is 2.16. The second-order valence-corrected chi connectivity index (χ2v) is 5.43. The van der Waals surface area contributed by atoms with E-state index in [2.05, 4.69) is 18.7 Å². The lowest BCUT2D eigenvalue weighted by molar-refractivity contribution is 0.171. The van der Waals surface area contributed by atoms with Gasteiger partial charge < -0.3 is 4.90 Å². The van der Waals surface area contributed by atoms with Crippen LogP contribution in [0.15, 0.2) is 18.2 Å². The second kappa shape index (κ2) is 5.18. The molecule has 0 atom stereocenters. The van der Waals surface area contributed by atoms with Crippen LogP contribution in [0.1, 0.15) is 43.7 Å². The quantitative estimate of drug-likeness (QED) is 0.755. The number of benzene rings is 1. The molecule has 1 aliphatic rings. The highest BCUT2D eigenvalue weighted by molar-refractivity contribution is 5.26. The largest absolute Gasteiger partial charge is 0.301 e. The number of nitrogens with zero attached hydrogens (tertiary/aromatic N) is 1. The summed E-state index contributed by atoms with van der Waals surface area (Å²) in [5, 5.41) is 0. The maximum absolute atomic E-state index is 13.9. The molecule has 0 bridgehead atoms. The minimum atomic E-state index is -0.0204. The summed E-state index contributed by atoms with van der Waals surface area (Å²) >= 11 is 0. The molecule has 1 fully saturated rings. The summed E-state index contributed by atoms with van der Waals surface area (Å²) in [5.74, 6) is 0.388. The molecule has 1 nitrogen and oxygen atoms in total. The van der Waals surface area contributed by atoms with Crippen LogP contribution in [0.3, 0.4) is 0 Å². The van der Waals surface area contributed by atoms with Gasteiger partial charge in [0.05, 0.1) is 0 Å². The Hall–Kier alpha value is -0.890. The van der Waals surface area contributed by atoms with Gasteiger partial charge in [0, 0.05) is 6.04 Å². The third kappa shape index (κ3) is 2.86. The van der Waals surface area contributed by atoms with Crippen molar-refractivity contribution in [2.75, 3.05) is 13.1 Å². The highest BCUT2D eigenvalue weighted by atomic mass is 19.1. The van der Waals surface area contributed by atoms with E-state index in [0.29, 0.717) is 12.0 Å². The zero-order valence-electron chi connectivity index (χ0n) is 11.0. The molecule has 0 radical (unpaired) electrons. The molecule has 0 spiro atoms. The Morgan fingerprint density at radius 1 is 1.24 bits per heavy atom. The molecule has 0 amide bonds. The molecule has 1 saturated heterocycles. The Labute approximate surface area is 104 Å². The van der Waals surface area contributed by atoms with Gasteiger partial charge >= 0.3 is 0 Å². The number of likely N-dealkylation sites (tertiary alicyclic amines) is 1. The molecular formula is C15H22FN. The van der Waals surface area contributed by atoms with E-state index in [1.807, 2.05) is 19.1 Å². The van der Waals surface area contributed by atoms with E-state index >= 15 is 0 Å². The first-order valence-corrected chi connectivity index (χ1v) is 6.58. The average molecular weight is 235 g/mol. The summed E-state index contributed by atoms with van der Waals surface area (Å²) in [6, 6.07) is 6.26. The molecule has 1 aromatic rings. The standard InChI is InChI=1S/C15H22FN/c1-11(2)17-8-6-13(7-9-17)14-5-4-12(3)10-15(14)16/h4-5,10-11,13H,6-9H2,1-3H3. The van der Waals surface area contributed by atoms with Crippen molar-refractivity contribution in [3.8, 4) is 0 Å². The molecule has 94 valence electrons. The third-order valence-electron chi connectivity index (χ3n) is 3.86. The molecule has 1 aromatic carbocycles. The van der Waals surface area contributed by atoms with E-state index in [4.69, 9.17) is 0 Å². The minimum Gasteiger partial charge on any atom is -0.301 e. The van der Waals surface area contributed by atoms with Crippen molar-refractivity contribution in [3.05, 3.63) is 35.1 Å². The SMILES string of the molecule is Cc1ccc(C2CCN(C(C)C)CC2)c(F)c1. The zero-order valence-corrected chi connectivity index (χ0v) is 11.0. The van der Waals surface area contributed by atoms with Gasteiger partial charge in [-0.3, -0.25) is 0 Å². The lowest BCUT2D eigenvalue weighted by Crippen LogP contribution is -2.38. The first-order valence-electron chi connectivity index (χ1n) is 6.58. The summed E-state index contributed by atoms with van der Waals surface area (Å²) in [5.41, 5.74) is 1.92. The van der Waals surface area contributed by atoms with Gasteiger partial charge in [-0.25, -0.2) is 4.39 Å². The molecule has 0 saturated carbocycles. The fraction of sp³-hybridized carbons (Fsp3) is 0.600. The lowest BCUT2D eigenvalue weighted by atomic mass is 9.88. The molecule has 0 N–H and O–H groups in total. The van der Waals surface area contributed by atoms with Crippen molar-refractivity contribution >= 4 is 0 Å². The Morgan fingerprint density at radius 3 is 2.41 bits per heavy atom. The number of piperidine rings is 1. The van der Waals surface area contributed by atoms with E-state index in [1.165, 1.54) is 0 Å². The van der Waals surface area contributed by atoms with Crippen LogP contribution in [-0.4, -0.2) is 24.0 Å². The molecule has 0 unspecified atom stereocenters. The zero-order chi connectivity index (χ0) is 12.4. The maximum atomic E-state index is 13.9. The van der Waals surface area contributed by atoms with Crippen LogP contribution in [0.5, 0.6) is 0 Å². The van der Waals surface area contributed by atoms with Gasteiger partial charge in [0.25, 0.3) is 0 Å². The van der Waals surface area contributed by atoms with Crippen molar-refractivity contribution < 1.29 is 4.39 Å². The predicted molar refractivity (Wildman–Crippen MR) is 69.8 cm³/mol. The first-order chi connectivity index (χ1) is 8.08. The summed E-state index contributed by atoms with van der Waals surface area (Å²) in [6.45, 7) is 8.58. The van der Waals surface area contributed by atoms with Crippen LogP contribution in [0.2, 0.25) is 0 Å². The van der Waals surface area contributed by atoms with Crippen LogP contribution in [0.25, 0.3) is 0 Å². The van der Waals surface area contributed by atoms with E-state index in [0.717, 1.165) is 37.1 Å². The molecule has 17 heavy (non-hydrogen) atoms. The van der Waals surface area contributed by atoms with E-state index in [9.17, 15) is 4.39 Å². The normalized spacial score (nSPS) is 18.9. The van der Waals surface area contributed by atoms with Gasteiger partial charge in [0.2, 0.25) is 0 Å². The molecule has 1 aliphatic heterocycles. The van der Waals surface area contributed by atoms with Crippen molar-refractivity contribution in [3.63, 3.8) is 0 Å². The summed E-state index contributed by atoms with van der Waals surface area (Å²) in [4.78, 5) is 2.47. The molecule has 0 aliphatic carbocycles. The van der Waals surface area contributed by atoms with Gasteiger partial charge in [-0.05, 0) is 69.8 Å². The molecule has 2 heteroatoms. The topological polar surface area (TPSA) is 3.24 Å². The van der Waals surface area contributed by atoms with Crippen LogP contribution < -0.4 is 0 Å². The van der Waals surface area contributed by atoms with Gasteiger partial charge in [-0.2, -0.15) is 0 Å². The van der Waals surface area contributed by atoms with E-state index in [1.54, 1.807) is 6.07 Å². The Balaban J connectivity index is 2.05. The van der Waals surface area contributed by atoms with Gasteiger partial charge in [0.1, 0.15) is 5.82 Å². The first kappa shape index (κ1) is 12.6. The fourth-order valence-corrected chi connectivity index (χ4v) is 2.69. The van der Waals surface area contributed by atoms with Gasteiger partial charge in [-0.15, -0.1) is 0 Å². The number of hydrogen-bond donors (Lipinski definition) is 0. The predicted octanol–water partition coefficient (Wildman–Crippen LogP) is 3.72. The smallest absolute Gasteiger partial charge is 0.126 e. The Kier molecular flexibility index (Phi) is 3.82. The van der Waals surface area contributed by atoms with Crippen molar-refractivity contribution in [2.24, 2.45) is 0 Å². The number of aryl methyl sites for hydroxylation is 1. The highest BCUT2D eigenvalue weighted by Crippen LogP contribution is 2.30. The van der Waals surface area contributed by atoms with Crippen molar-refractivity contribution in [1.29, 1.82) is 0 Å². The van der Waals surface area contributed by atoms with Crippen molar-refractivity contribution in [1.82, 2.24) is 4.90 Å². The van der Waals surface area contributed by atoms with Crippen molar-refractivity contribution in [2.45, 2.75) is 45.6 Å². The molecule has 1 heterocycles. The minimum absolute atomic E-state index is 0.0204. The van der Waals surface area contributed by atoms with Gasteiger partial charge in [-0.1, -0.05) is 12.1 Å². The lowest BCUT2D eigenvalue weighted by Gasteiger charge is -2.34. The fourth-order valence-electron chi connectivity index (χ4n) is 2.69. The number of rotatable bonds is 2. The van der Waals surface area contributed by atoms with Crippen LogP contribution in [0.4, 0.5) is 4.39 Å². The number of hydrogen-bond acceptors (Lipinski definition) is 1.